The van der Waals surface area contributed by atoms with Crippen molar-refractivity contribution in [1.82, 2.24) is 41.0 Å². The molecule has 0 aromatic carbocycles. The van der Waals surface area contributed by atoms with Crippen LogP contribution in [0.2, 0.25) is 0 Å². The summed E-state index contributed by atoms with van der Waals surface area (Å²) in [7, 11) is 1.73. The van der Waals surface area contributed by atoms with Crippen LogP contribution in [0.5, 0.6) is 0 Å². The van der Waals surface area contributed by atoms with Crippen LogP contribution < -0.4 is 21.3 Å². The number of hydrogen-bond donors (Lipinski definition) is 16. The first-order valence-electron chi connectivity index (χ1n) is 22.6. The van der Waals surface area contributed by atoms with E-state index < -0.39 is 146 Å². The number of nitrogens with zero attached hydrogens (tertiary/aromatic N) is 4. The summed E-state index contributed by atoms with van der Waals surface area (Å²) in [4.78, 5) is 85.7. The van der Waals surface area contributed by atoms with Gasteiger partial charge >= 0.3 is 11.9 Å². The minimum absolute atomic E-state index is 0. The van der Waals surface area contributed by atoms with Crippen molar-refractivity contribution in [3.63, 3.8) is 0 Å². The number of aliphatic hydroxyl groups is 10. The third-order valence-electron chi connectivity index (χ3n) is 12.4. The van der Waals surface area contributed by atoms with Crippen molar-refractivity contribution in [3.05, 3.63) is 29.6 Å². The molecule has 4 amide bonds. The zero-order valence-electron chi connectivity index (χ0n) is 39.4. The number of aliphatic hydroxyl groups excluding tert-OH is 8. The van der Waals surface area contributed by atoms with Gasteiger partial charge in [0.1, 0.15) is 48.7 Å². The van der Waals surface area contributed by atoms with Gasteiger partial charge in [-0.05, 0) is 32.0 Å². The van der Waals surface area contributed by atoms with Crippen molar-refractivity contribution in [2.75, 3.05) is 59.5 Å². The Bertz CT molecular complexity index is 1840. The maximum Gasteiger partial charge on any atom is 0.320 e. The second-order valence-electron chi connectivity index (χ2n) is 17.9. The first kappa shape index (κ1) is 61.2. The van der Waals surface area contributed by atoms with Crippen LogP contribution >= 0.6 is 0 Å². The number of pyridine rings is 1. The van der Waals surface area contributed by atoms with E-state index in [-0.39, 0.29) is 82.3 Å². The summed E-state index contributed by atoms with van der Waals surface area (Å²) >= 11 is 0. The summed E-state index contributed by atoms with van der Waals surface area (Å²) in [6.45, 7) is 0.255. The average molecular weight is 1060 g/mol. The molecule has 3 aliphatic heterocycles. The smallest absolute Gasteiger partial charge is 0.320 e. The van der Waals surface area contributed by atoms with E-state index in [9.17, 15) is 90.0 Å². The molecule has 1 aromatic rings. The van der Waals surface area contributed by atoms with Crippen LogP contribution in [0.25, 0.3) is 0 Å². The van der Waals surface area contributed by atoms with Crippen molar-refractivity contribution < 1.29 is 117 Å². The van der Waals surface area contributed by atoms with Gasteiger partial charge in [0, 0.05) is 96.1 Å². The molecular weight excluding hydrogens is 991 g/mol. The van der Waals surface area contributed by atoms with Crippen molar-refractivity contribution in [2.24, 2.45) is 0 Å². The van der Waals surface area contributed by atoms with Gasteiger partial charge in [0.05, 0.1) is 48.9 Å². The number of carboxylic acid groups (broad SMARTS) is 2. The van der Waals surface area contributed by atoms with Gasteiger partial charge in [-0.3, -0.25) is 43.6 Å². The molecule has 28 nitrogen and oxygen atoms in total. The number of carbonyl (C=O) groups is 6. The summed E-state index contributed by atoms with van der Waals surface area (Å²) in [5.74, 6) is -12.0. The summed E-state index contributed by atoms with van der Waals surface area (Å²) < 4.78 is 10.9. The minimum Gasteiger partial charge on any atom is -0.480 e. The van der Waals surface area contributed by atoms with E-state index in [1.54, 1.807) is 35.0 Å². The Balaban J connectivity index is 0.0000133. The van der Waals surface area contributed by atoms with Gasteiger partial charge in [0.25, 0.3) is 11.8 Å². The van der Waals surface area contributed by atoms with Crippen LogP contribution in [0.1, 0.15) is 50.9 Å². The van der Waals surface area contributed by atoms with Gasteiger partial charge in [-0.2, -0.15) is 0 Å². The molecule has 2 saturated heterocycles. The molecule has 16 N–H and O–H groups in total. The molecule has 4 heterocycles. The van der Waals surface area contributed by atoms with Crippen LogP contribution in [0.3, 0.4) is 0 Å². The number of amides is 4. The molecular formula is C42H68MnN8O20. The fraction of sp³-hybridized carbons (Fsp3) is 0.738. The van der Waals surface area contributed by atoms with Crippen LogP contribution in [0.4, 0.5) is 0 Å². The zero-order valence-corrected chi connectivity index (χ0v) is 40.5. The molecule has 3 aliphatic rings. The van der Waals surface area contributed by atoms with E-state index in [0.717, 1.165) is 13.8 Å². The van der Waals surface area contributed by atoms with Gasteiger partial charge in [0.2, 0.25) is 23.4 Å². The van der Waals surface area contributed by atoms with Gasteiger partial charge in [0.15, 0.2) is 0 Å². The normalized spacial score (nSPS) is 29.5. The third kappa shape index (κ3) is 16.4. The number of fused-ring (bicyclic) bond motifs is 2. The number of aliphatic carboxylic acids is 2. The number of aromatic nitrogens is 1. The number of nitrogens with one attached hydrogen (secondary N) is 4. The van der Waals surface area contributed by atoms with Crippen LogP contribution in [0, 0.1) is 0 Å². The SMILES string of the molecule is CC(=O)N[C@H]1[C@H]([C@H](O)[C@H](O)CO)O[C@](O)(C(=O)NCCC(C(=O)O)N2CCN(C)CCN(C(CCNC(=O)[C@]3(O)C[C@H](O)[C@@H](NC(C)=O)[C@H]([C@H](O)[C@H](O)CO)O3)C(=O)O)Cc3cccc(n3)C2)C[C@@H]1O.[Mn]. The second kappa shape index (κ2) is 27.3. The predicted molar refractivity (Wildman–Crippen MR) is 235 cm³/mol. The number of hydrogen-bond acceptors (Lipinski definition) is 22. The molecule has 2 fully saturated rings. The summed E-state index contributed by atoms with van der Waals surface area (Å²) in [5, 5.41) is 134. The van der Waals surface area contributed by atoms with E-state index in [1.807, 2.05) is 4.90 Å². The van der Waals surface area contributed by atoms with Crippen molar-refractivity contribution in [2.45, 2.75) is 137 Å². The van der Waals surface area contributed by atoms with E-state index >= 15 is 0 Å². The molecule has 14 atom stereocenters. The van der Waals surface area contributed by atoms with Crippen LogP contribution in [-0.4, -0.2) is 261 Å². The van der Waals surface area contributed by atoms with E-state index in [4.69, 9.17) is 9.47 Å². The summed E-state index contributed by atoms with van der Waals surface area (Å²) in [6.07, 6.45) is -16.6. The number of carbonyl (C=O) groups excluding carboxylic acids is 4. The fourth-order valence-electron chi connectivity index (χ4n) is 8.66. The molecule has 403 valence electrons. The molecule has 0 aliphatic carbocycles. The maximum absolute atomic E-state index is 13.4. The molecule has 4 rings (SSSR count). The molecule has 2 bridgehead atoms. The van der Waals surface area contributed by atoms with Crippen molar-refractivity contribution in [1.29, 1.82) is 0 Å². The van der Waals surface area contributed by atoms with E-state index in [0.29, 0.717) is 11.4 Å². The van der Waals surface area contributed by atoms with E-state index in [2.05, 4.69) is 26.3 Å². The summed E-state index contributed by atoms with van der Waals surface area (Å²) in [5.41, 5.74) is 0.798. The van der Waals surface area contributed by atoms with Crippen LogP contribution in [-0.2, 0) is 68.4 Å². The standard InChI is InChI=1S/C42H68N8O20.Mn/c1-21(53)45-31-27(55)15-41(67,69-35(31)33(59)29(57)19-51)39(65)43-9-7-25(37(61)62)49-13-11-48(3)12-14-50(18-24-6-4-5-23(17-49)47-24)26(38(63)64)8-10-44-40(66)42(68)16-28(56)32(46-22(2)54)36(70-42)34(60)30(58)20-52;/h4-6,25-36,51-52,55-60,67-68H,7-20H2,1-3H3,(H,43,65)(H,44,66)(H,45,53)(H,46,54)(H,61,62)(H,63,64);/t25?,26?,27-,28-,29+,30+,31+,32+,33+,34+,35+,36+,41-,42-;/m0./s1. The van der Waals surface area contributed by atoms with Gasteiger partial charge in [-0.1, -0.05) is 6.07 Å². The first-order chi connectivity index (χ1) is 32.8. The van der Waals surface area contributed by atoms with Crippen molar-refractivity contribution >= 4 is 35.6 Å². The third-order valence-corrected chi connectivity index (χ3v) is 12.4. The fourth-order valence-corrected chi connectivity index (χ4v) is 8.66. The predicted octanol–water partition coefficient (Wildman–Crippen LogP) is -8.34. The molecule has 71 heavy (non-hydrogen) atoms. The van der Waals surface area contributed by atoms with Gasteiger partial charge in [-0.15, -0.1) is 0 Å². The quantitative estimate of drug-likeness (QED) is 0.0539. The minimum atomic E-state index is -2.82. The molecule has 1 aromatic heterocycles. The summed E-state index contributed by atoms with van der Waals surface area (Å²) in [6, 6.07) is -0.395. The van der Waals surface area contributed by atoms with Gasteiger partial charge < -0.3 is 96.9 Å². The molecule has 0 saturated carbocycles. The van der Waals surface area contributed by atoms with Crippen molar-refractivity contribution in [3.8, 4) is 0 Å². The first-order valence-corrected chi connectivity index (χ1v) is 22.6. The van der Waals surface area contributed by atoms with E-state index in [1.165, 1.54) is 0 Å². The molecule has 29 heteroatoms. The average Bonchev–Trinajstić information content (AvgIpc) is 3.29. The molecule has 2 unspecified atom stereocenters. The second-order valence-corrected chi connectivity index (χ2v) is 17.9. The Hall–Kier alpha value is -4.11. The Morgan fingerprint density at radius 1 is 0.690 bits per heavy atom. The number of ether oxygens (including phenoxy) is 2. The van der Waals surface area contributed by atoms with Crippen LogP contribution in [0.15, 0.2) is 18.2 Å². The van der Waals surface area contributed by atoms with Gasteiger partial charge in [-0.25, -0.2) is 0 Å². The Kier molecular flexibility index (Phi) is 23.5. The Morgan fingerprint density at radius 3 is 1.38 bits per heavy atom. The Morgan fingerprint density at radius 2 is 1.06 bits per heavy atom. The zero-order chi connectivity index (χ0) is 52.2. The number of rotatable bonds is 20. The topological polar surface area (TPSA) is 434 Å². The largest absolute Gasteiger partial charge is 0.480 e. The molecule has 1 radical (unpaired) electrons. The maximum atomic E-state index is 13.4. The monoisotopic (exact) mass is 1060 g/mol. The number of carboxylic acids is 2. The molecule has 0 spiro atoms. The Labute approximate surface area is 418 Å². The number of likely N-dealkylation sites (N-methyl/N-ethyl adjacent to an activating group) is 1.